The van der Waals surface area contributed by atoms with Gasteiger partial charge in [-0.25, -0.2) is 9.78 Å². The Kier molecular flexibility index (Phi) is 6.20. The van der Waals surface area contributed by atoms with Crippen LogP contribution in [0.3, 0.4) is 0 Å². The summed E-state index contributed by atoms with van der Waals surface area (Å²) >= 11 is 1.03. The van der Waals surface area contributed by atoms with Crippen molar-refractivity contribution in [2.75, 3.05) is 12.0 Å². The second-order valence-electron chi connectivity index (χ2n) is 8.99. The summed E-state index contributed by atoms with van der Waals surface area (Å²) in [6.45, 7) is 2.08. The molecule has 0 saturated heterocycles. The number of methoxy groups -OCH3 is 1. The van der Waals surface area contributed by atoms with E-state index in [0.717, 1.165) is 16.9 Å². The third-order valence-electron chi connectivity index (χ3n) is 6.58. The molecule has 0 spiro atoms. The van der Waals surface area contributed by atoms with Gasteiger partial charge in [-0.3, -0.25) is 14.5 Å². The lowest BCUT2D eigenvalue weighted by Gasteiger charge is -2.22. The summed E-state index contributed by atoms with van der Waals surface area (Å²) in [5, 5.41) is 0.645. The van der Waals surface area contributed by atoms with Gasteiger partial charge in [0.1, 0.15) is 22.8 Å². The number of thiazole rings is 1. The summed E-state index contributed by atoms with van der Waals surface area (Å²) in [6.07, 6.45) is 0. The highest BCUT2D eigenvalue weighted by Crippen LogP contribution is 2.43. The molecule has 0 saturated carbocycles. The predicted octanol–water partition coefficient (Wildman–Crippen LogP) is 5.67. The van der Waals surface area contributed by atoms with Gasteiger partial charge >= 0.3 is 5.97 Å². The number of anilines is 1. The van der Waals surface area contributed by atoms with E-state index in [1.807, 2.05) is 42.5 Å². The fourth-order valence-corrected chi connectivity index (χ4v) is 5.70. The zero-order chi connectivity index (χ0) is 27.1. The molecule has 1 aliphatic heterocycles. The number of para-hydroxylation sites is 1. The minimum absolute atomic E-state index is 0.0411. The van der Waals surface area contributed by atoms with Crippen LogP contribution in [0.15, 0.2) is 88.1 Å². The normalized spacial score (nSPS) is 14.5. The monoisotopic (exact) mass is 538 g/mol. The van der Waals surface area contributed by atoms with Gasteiger partial charge < -0.3 is 13.9 Å². The molecule has 0 aliphatic carbocycles. The molecule has 0 fully saturated rings. The van der Waals surface area contributed by atoms with Crippen LogP contribution < -0.4 is 15.1 Å². The quantitative estimate of drug-likeness (QED) is 0.257. The van der Waals surface area contributed by atoms with E-state index in [9.17, 15) is 14.4 Å². The zero-order valence-electron chi connectivity index (χ0n) is 21.0. The number of nitrogens with zero attached hydrogens (tertiary/aromatic N) is 2. The number of carbonyl (C=O) groups is 2. The molecule has 1 atom stereocenters. The van der Waals surface area contributed by atoms with E-state index in [-0.39, 0.29) is 26.8 Å². The molecular formula is C30H22N2O6S. The van der Waals surface area contributed by atoms with Crippen molar-refractivity contribution < 1.29 is 23.5 Å². The van der Waals surface area contributed by atoms with Crippen LogP contribution in [0.2, 0.25) is 0 Å². The van der Waals surface area contributed by atoms with Crippen LogP contribution in [0.4, 0.5) is 5.13 Å². The maximum atomic E-state index is 13.8. The smallest absolute Gasteiger partial charge is 0.350 e. The van der Waals surface area contributed by atoms with Crippen LogP contribution in [0.1, 0.15) is 48.7 Å². The van der Waals surface area contributed by atoms with Crippen LogP contribution >= 0.6 is 11.3 Å². The van der Waals surface area contributed by atoms with Crippen LogP contribution in [0, 0.1) is 6.92 Å². The van der Waals surface area contributed by atoms with Gasteiger partial charge in [-0.1, -0.05) is 65.9 Å². The molecule has 5 aromatic rings. The molecule has 3 heterocycles. The Balaban J connectivity index is 1.45. The van der Waals surface area contributed by atoms with Crippen molar-refractivity contribution in [1.82, 2.24) is 4.98 Å². The number of ether oxygens (including phenoxy) is 2. The number of esters is 1. The summed E-state index contributed by atoms with van der Waals surface area (Å²) in [7, 11) is 1.29. The van der Waals surface area contributed by atoms with E-state index >= 15 is 0 Å². The first-order valence-corrected chi connectivity index (χ1v) is 13.0. The molecule has 0 bridgehead atoms. The van der Waals surface area contributed by atoms with Gasteiger partial charge in [-0.2, -0.15) is 0 Å². The van der Waals surface area contributed by atoms with Gasteiger partial charge in [-0.05, 0) is 42.3 Å². The molecule has 9 heteroatoms. The van der Waals surface area contributed by atoms with Gasteiger partial charge in [0.05, 0.1) is 29.8 Å². The number of benzene rings is 3. The molecule has 2 aromatic heterocycles. The third kappa shape index (κ3) is 4.26. The molecule has 1 amide bonds. The molecule has 39 heavy (non-hydrogen) atoms. The Bertz CT molecular complexity index is 1780. The summed E-state index contributed by atoms with van der Waals surface area (Å²) < 4.78 is 16.8. The number of fused-ring (bicyclic) bond motifs is 2. The van der Waals surface area contributed by atoms with Gasteiger partial charge in [0, 0.05) is 0 Å². The lowest BCUT2D eigenvalue weighted by Crippen LogP contribution is -2.29. The van der Waals surface area contributed by atoms with Crippen molar-refractivity contribution in [1.29, 1.82) is 0 Å². The van der Waals surface area contributed by atoms with Crippen molar-refractivity contribution in [2.45, 2.75) is 19.6 Å². The molecule has 6 rings (SSSR count). The molecule has 0 N–H and O–H groups in total. The lowest BCUT2D eigenvalue weighted by molar-refractivity contribution is 0.0605. The maximum absolute atomic E-state index is 13.8. The molecular weight excluding hydrogens is 516 g/mol. The second kappa shape index (κ2) is 9.85. The zero-order valence-corrected chi connectivity index (χ0v) is 21.9. The number of hydrogen-bond acceptors (Lipinski definition) is 8. The number of carbonyl (C=O) groups excluding carboxylic acids is 2. The minimum atomic E-state index is -0.812. The van der Waals surface area contributed by atoms with Gasteiger partial charge in [0.2, 0.25) is 5.76 Å². The average Bonchev–Trinajstić information content (AvgIpc) is 3.49. The van der Waals surface area contributed by atoms with Crippen molar-refractivity contribution >= 4 is 39.3 Å². The van der Waals surface area contributed by atoms with Crippen molar-refractivity contribution in [2.24, 2.45) is 0 Å². The number of aromatic nitrogens is 1. The largest absolute Gasteiger partial charge is 0.489 e. The van der Waals surface area contributed by atoms with Crippen LogP contribution in [0.5, 0.6) is 5.75 Å². The SMILES string of the molecule is COC(=O)c1sc(N2C(=O)c3oc4ccccc4c(=O)c3C2c2ccc(OCc3ccccc3)cc2)nc1C. The van der Waals surface area contributed by atoms with E-state index in [4.69, 9.17) is 13.9 Å². The second-order valence-corrected chi connectivity index (χ2v) is 9.97. The Labute approximate surface area is 227 Å². The van der Waals surface area contributed by atoms with Gasteiger partial charge in [0.15, 0.2) is 10.6 Å². The van der Waals surface area contributed by atoms with E-state index < -0.39 is 17.9 Å². The molecule has 194 valence electrons. The van der Waals surface area contributed by atoms with Crippen molar-refractivity contribution in [3.05, 3.63) is 122 Å². The first kappa shape index (κ1) is 24.6. The summed E-state index contributed by atoms with van der Waals surface area (Å²) in [5.74, 6) is -0.452. The van der Waals surface area contributed by atoms with Crippen molar-refractivity contribution in [3.8, 4) is 5.75 Å². The Morgan fingerprint density at radius 2 is 1.72 bits per heavy atom. The molecule has 1 unspecified atom stereocenters. The highest BCUT2D eigenvalue weighted by atomic mass is 32.1. The lowest BCUT2D eigenvalue weighted by atomic mass is 9.98. The molecule has 8 nitrogen and oxygen atoms in total. The van der Waals surface area contributed by atoms with Crippen LogP contribution in [-0.4, -0.2) is 24.0 Å². The van der Waals surface area contributed by atoms with Crippen LogP contribution in [0.25, 0.3) is 11.0 Å². The fraction of sp³-hybridized carbons (Fsp3) is 0.133. The van der Waals surface area contributed by atoms with Gasteiger partial charge in [-0.15, -0.1) is 0 Å². The average molecular weight is 539 g/mol. The summed E-state index contributed by atoms with van der Waals surface area (Å²) in [6, 6.07) is 23.1. The van der Waals surface area contributed by atoms with E-state index in [1.165, 1.54) is 12.0 Å². The topological polar surface area (TPSA) is 98.9 Å². The highest BCUT2D eigenvalue weighted by Gasteiger charge is 2.45. The van der Waals surface area contributed by atoms with Crippen LogP contribution in [-0.2, 0) is 11.3 Å². The number of aryl methyl sites for hydroxylation is 1. The first-order chi connectivity index (χ1) is 19.0. The van der Waals surface area contributed by atoms with Gasteiger partial charge in [0.25, 0.3) is 5.91 Å². The van der Waals surface area contributed by atoms with E-state index in [0.29, 0.717) is 34.6 Å². The standard InChI is InChI=1S/C30H22N2O6S/c1-17-27(29(35)36-2)39-30(31-17)32-24(19-12-14-20(15-13-19)37-16-18-8-4-3-5-9-18)23-25(33)21-10-6-7-11-22(21)38-26(23)28(32)34/h3-15,24H,16H2,1-2H3. The number of rotatable bonds is 6. The Hall–Kier alpha value is -4.76. The number of hydrogen-bond donors (Lipinski definition) is 0. The third-order valence-corrected chi connectivity index (χ3v) is 7.72. The minimum Gasteiger partial charge on any atom is -0.489 e. The maximum Gasteiger partial charge on any atom is 0.350 e. The highest BCUT2D eigenvalue weighted by molar-refractivity contribution is 7.17. The molecule has 0 radical (unpaired) electrons. The molecule has 1 aliphatic rings. The first-order valence-electron chi connectivity index (χ1n) is 12.2. The van der Waals surface area contributed by atoms with E-state index in [1.54, 1.807) is 43.3 Å². The van der Waals surface area contributed by atoms with Crippen molar-refractivity contribution in [3.63, 3.8) is 0 Å². The van der Waals surface area contributed by atoms with E-state index in [2.05, 4.69) is 4.98 Å². The fourth-order valence-electron chi connectivity index (χ4n) is 4.69. The summed E-state index contributed by atoms with van der Waals surface area (Å²) in [5.41, 5.74) is 2.39. The predicted molar refractivity (Wildman–Crippen MR) is 147 cm³/mol. The number of amides is 1. The molecule has 3 aromatic carbocycles. The Morgan fingerprint density at radius 1 is 1.00 bits per heavy atom. The summed E-state index contributed by atoms with van der Waals surface area (Å²) in [4.78, 5) is 46.0. The Morgan fingerprint density at radius 3 is 2.46 bits per heavy atom.